The van der Waals surface area contributed by atoms with Crippen molar-refractivity contribution in [3.05, 3.63) is 23.0 Å². The van der Waals surface area contributed by atoms with Gasteiger partial charge < -0.3 is 14.7 Å². The molecule has 2 aromatic heterocycles. The zero-order valence-electron chi connectivity index (χ0n) is 16.2. The third kappa shape index (κ3) is 3.97. The van der Waals surface area contributed by atoms with Crippen molar-refractivity contribution in [2.24, 2.45) is 0 Å². The fourth-order valence-electron chi connectivity index (χ4n) is 3.94. The highest BCUT2D eigenvalue weighted by Crippen LogP contribution is 2.41. The molecule has 1 aliphatic heterocycles. The first-order chi connectivity index (χ1) is 12.7. The Hall–Kier alpha value is -1.66. The maximum absolute atomic E-state index is 13.6. The zero-order chi connectivity index (χ0) is 18.1. The van der Waals surface area contributed by atoms with Crippen LogP contribution in [0.2, 0.25) is 0 Å². The molecule has 1 atom stereocenters. The van der Waals surface area contributed by atoms with E-state index in [1.165, 1.54) is 0 Å². The Morgan fingerprint density at radius 1 is 1.30 bits per heavy atom. The molecule has 0 radical (unpaired) electrons. The summed E-state index contributed by atoms with van der Waals surface area (Å²) in [7, 11) is 0. The van der Waals surface area contributed by atoms with Crippen molar-refractivity contribution >= 4 is 29.4 Å². The molecule has 1 amide bonds. The first kappa shape index (κ1) is 20.1. The van der Waals surface area contributed by atoms with Crippen molar-refractivity contribution in [1.29, 1.82) is 0 Å². The lowest BCUT2D eigenvalue weighted by atomic mass is 10.0. The van der Waals surface area contributed by atoms with E-state index in [2.05, 4.69) is 29.3 Å². The van der Waals surface area contributed by atoms with Crippen LogP contribution in [-0.2, 0) is 6.42 Å². The van der Waals surface area contributed by atoms with Crippen molar-refractivity contribution in [1.82, 2.24) is 20.4 Å². The van der Waals surface area contributed by atoms with Gasteiger partial charge in [-0.05, 0) is 44.7 Å². The van der Waals surface area contributed by atoms with Crippen LogP contribution >= 0.6 is 12.4 Å². The summed E-state index contributed by atoms with van der Waals surface area (Å²) in [6.45, 7) is 6.87. The number of nitrogens with zero attached hydrogens (tertiary/aromatic N) is 3. The number of carbonyl (C=O) groups excluding carboxylic acids is 1. The molecule has 3 heterocycles. The monoisotopic (exact) mass is 392 g/mol. The summed E-state index contributed by atoms with van der Waals surface area (Å²) in [6, 6.07) is 2.29. The number of pyridine rings is 1. The van der Waals surface area contributed by atoms with Gasteiger partial charge in [-0.15, -0.1) is 12.4 Å². The number of halogens is 1. The number of amides is 1. The normalized spacial score (nSPS) is 19.3. The fraction of sp³-hybridized carbons (Fsp3) is 0.650. The molecule has 2 aromatic rings. The number of hydrogen-bond acceptors (Lipinski definition) is 5. The van der Waals surface area contributed by atoms with Gasteiger partial charge in [0.15, 0.2) is 0 Å². The van der Waals surface area contributed by atoms with Crippen molar-refractivity contribution < 1.29 is 9.32 Å². The summed E-state index contributed by atoms with van der Waals surface area (Å²) in [4.78, 5) is 20.3. The summed E-state index contributed by atoms with van der Waals surface area (Å²) in [5.41, 5.74) is 3.12. The average Bonchev–Trinajstić information content (AvgIpc) is 3.21. The van der Waals surface area contributed by atoms with Gasteiger partial charge in [0.2, 0.25) is 0 Å². The third-order valence-corrected chi connectivity index (χ3v) is 5.45. The molecular formula is C20H29ClN4O2. The van der Waals surface area contributed by atoms with Gasteiger partial charge in [0, 0.05) is 30.7 Å². The lowest BCUT2D eigenvalue weighted by Gasteiger charge is -2.28. The van der Waals surface area contributed by atoms with Gasteiger partial charge in [-0.1, -0.05) is 25.4 Å². The van der Waals surface area contributed by atoms with Crippen LogP contribution in [0.1, 0.15) is 73.6 Å². The van der Waals surface area contributed by atoms with Gasteiger partial charge in [-0.2, -0.15) is 0 Å². The van der Waals surface area contributed by atoms with Crippen molar-refractivity contribution in [2.45, 2.75) is 64.3 Å². The lowest BCUT2D eigenvalue weighted by Crippen LogP contribution is -2.42. The van der Waals surface area contributed by atoms with Crippen LogP contribution in [0.15, 0.2) is 10.6 Å². The van der Waals surface area contributed by atoms with Crippen LogP contribution in [0.25, 0.3) is 11.1 Å². The molecule has 6 nitrogen and oxygen atoms in total. The van der Waals surface area contributed by atoms with E-state index >= 15 is 0 Å². The summed E-state index contributed by atoms with van der Waals surface area (Å²) >= 11 is 0. The molecule has 2 aliphatic rings. The topological polar surface area (TPSA) is 71.3 Å². The molecule has 7 heteroatoms. The Kier molecular flexibility index (Phi) is 6.37. The van der Waals surface area contributed by atoms with Crippen molar-refractivity contribution in [3.8, 4) is 0 Å². The standard InChI is InChI=1S/C20H28N4O2.ClH/c1-3-5-16-18-15(11-17(13-6-7-13)22-19(18)26-23-16)20(25)24(10-4-2)14-8-9-21-12-14;/h11,13-14,21H,3-10,12H2,1-2H3;1H. The molecule has 1 saturated carbocycles. The molecule has 1 saturated heterocycles. The zero-order valence-corrected chi connectivity index (χ0v) is 17.0. The Labute approximate surface area is 166 Å². The summed E-state index contributed by atoms with van der Waals surface area (Å²) in [5, 5.41) is 8.44. The van der Waals surface area contributed by atoms with E-state index in [4.69, 9.17) is 4.52 Å². The maximum atomic E-state index is 13.6. The van der Waals surface area contributed by atoms with Crippen molar-refractivity contribution in [3.63, 3.8) is 0 Å². The van der Waals surface area contributed by atoms with Crippen LogP contribution in [-0.4, -0.2) is 46.6 Å². The average molecular weight is 393 g/mol. The highest BCUT2D eigenvalue weighted by Gasteiger charge is 2.32. The first-order valence-corrected chi connectivity index (χ1v) is 10.0. The highest BCUT2D eigenvalue weighted by atomic mass is 35.5. The molecule has 1 aliphatic carbocycles. The quantitative estimate of drug-likeness (QED) is 0.778. The van der Waals surface area contributed by atoms with E-state index < -0.39 is 0 Å². The molecule has 0 aromatic carbocycles. The number of hydrogen-bond donors (Lipinski definition) is 1. The van der Waals surface area contributed by atoms with E-state index in [0.717, 1.165) is 80.5 Å². The number of nitrogens with one attached hydrogen (secondary N) is 1. The SMILES string of the molecule is CCCc1noc2nc(C3CC3)cc(C(=O)N(CCC)C3CCNC3)c12.Cl. The summed E-state index contributed by atoms with van der Waals surface area (Å²) in [5.74, 6) is 0.578. The van der Waals surface area contributed by atoms with Crippen LogP contribution in [0.5, 0.6) is 0 Å². The molecule has 0 bridgehead atoms. The molecule has 0 spiro atoms. The van der Waals surface area contributed by atoms with Gasteiger partial charge in [-0.3, -0.25) is 4.79 Å². The van der Waals surface area contributed by atoms with Crippen LogP contribution in [0.4, 0.5) is 0 Å². The summed E-state index contributed by atoms with van der Waals surface area (Å²) < 4.78 is 5.53. The van der Waals surface area contributed by atoms with Crippen LogP contribution in [0, 0.1) is 0 Å². The molecular weight excluding hydrogens is 364 g/mol. The van der Waals surface area contributed by atoms with E-state index in [9.17, 15) is 4.79 Å². The number of fused-ring (bicyclic) bond motifs is 1. The Bertz CT molecular complexity index is 797. The Morgan fingerprint density at radius 3 is 2.74 bits per heavy atom. The fourth-order valence-corrected chi connectivity index (χ4v) is 3.94. The number of aryl methyl sites for hydroxylation is 1. The minimum Gasteiger partial charge on any atom is -0.336 e. The second-order valence-corrected chi connectivity index (χ2v) is 7.57. The molecule has 4 rings (SSSR count). The predicted molar refractivity (Wildman–Crippen MR) is 108 cm³/mol. The van der Waals surface area contributed by atoms with Gasteiger partial charge in [-0.25, -0.2) is 4.98 Å². The van der Waals surface area contributed by atoms with E-state index in [1.54, 1.807) is 0 Å². The van der Waals surface area contributed by atoms with Gasteiger partial charge in [0.05, 0.1) is 16.6 Å². The number of carbonyl (C=O) groups is 1. The first-order valence-electron chi connectivity index (χ1n) is 10.0. The van der Waals surface area contributed by atoms with Gasteiger partial charge >= 0.3 is 0 Å². The van der Waals surface area contributed by atoms with Crippen molar-refractivity contribution in [2.75, 3.05) is 19.6 Å². The molecule has 2 fully saturated rings. The molecule has 1 unspecified atom stereocenters. The predicted octanol–water partition coefficient (Wildman–Crippen LogP) is 3.69. The Morgan fingerprint density at radius 2 is 2.11 bits per heavy atom. The maximum Gasteiger partial charge on any atom is 0.259 e. The lowest BCUT2D eigenvalue weighted by molar-refractivity contribution is 0.0694. The highest BCUT2D eigenvalue weighted by molar-refractivity contribution is 6.06. The number of rotatable bonds is 7. The molecule has 1 N–H and O–H groups in total. The Balaban J connectivity index is 0.00000210. The largest absolute Gasteiger partial charge is 0.336 e. The van der Waals surface area contributed by atoms with Gasteiger partial charge in [0.25, 0.3) is 11.6 Å². The van der Waals surface area contributed by atoms with E-state index in [0.29, 0.717) is 11.6 Å². The third-order valence-electron chi connectivity index (χ3n) is 5.45. The minimum absolute atomic E-state index is 0. The number of aromatic nitrogens is 2. The van der Waals surface area contributed by atoms with Gasteiger partial charge in [0.1, 0.15) is 0 Å². The second kappa shape index (κ2) is 8.57. The molecule has 148 valence electrons. The van der Waals surface area contributed by atoms with Crippen LogP contribution in [0.3, 0.4) is 0 Å². The molecule has 27 heavy (non-hydrogen) atoms. The minimum atomic E-state index is 0. The summed E-state index contributed by atoms with van der Waals surface area (Å²) in [6.07, 6.45) is 6.03. The smallest absolute Gasteiger partial charge is 0.259 e. The van der Waals surface area contributed by atoms with E-state index in [1.807, 2.05) is 11.0 Å². The van der Waals surface area contributed by atoms with Crippen LogP contribution < -0.4 is 5.32 Å². The van der Waals surface area contributed by atoms with E-state index in [-0.39, 0.29) is 24.4 Å². The second-order valence-electron chi connectivity index (χ2n) is 7.57.